The summed E-state index contributed by atoms with van der Waals surface area (Å²) in [5.74, 6) is 0. The first kappa shape index (κ1) is 12.5. The van der Waals surface area contributed by atoms with Crippen LogP contribution in [0.25, 0.3) is 0 Å². The van der Waals surface area contributed by atoms with E-state index in [1.54, 1.807) is 0 Å². The first-order chi connectivity index (χ1) is 7.27. The molecule has 1 rings (SSSR count). The van der Waals surface area contributed by atoms with E-state index in [0.29, 0.717) is 19.6 Å². The van der Waals surface area contributed by atoms with E-state index in [1.165, 1.54) is 0 Å². The average Bonchev–Trinajstić information content (AvgIpc) is 2.22. The van der Waals surface area contributed by atoms with Crippen LogP contribution in [-0.2, 0) is 15.9 Å². The van der Waals surface area contributed by atoms with Crippen LogP contribution in [0.4, 0.5) is 0 Å². The molecule has 0 N–H and O–H groups in total. The molecule has 0 saturated carbocycles. The first-order valence-corrected chi connectivity index (χ1v) is 5.62. The molecule has 0 saturated heterocycles. The second-order valence-corrected chi connectivity index (χ2v) is 3.54. The van der Waals surface area contributed by atoms with Gasteiger partial charge in [0.1, 0.15) is 0 Å². The monoisotopic (exact) mass is 228 g/mol. The number of benzene rings is 1. The highest BCUT2D eigenvalue weighted by atomic mass is 35.5. The van der Waals surface area contributed by atoms with Crippen LogP contribution in [0.5, 0.6) is 0 Å². The Morgan fingerprint density at radius 1 is 1.13 bits per heavy atom. The summed E-state index contributed by atoms with van der Waals surface area (Å²) in [5.41, 5.74) is 1.06. The Labute approximate surface area is 96.2 Å². The van der Waals surface area contributed by atoms with Gasteiger partial charge in [0.15, 0.2) is 6.29 Å². The van der Waals surface area contributed by atoms with Crippen molar-refractivity contribution in [2.45, 2.75) is 26.6 Å². The Bertz CT molecular complexity index is 283. The van der Waals surface area contributed by atoms with E-state index < -0.39 is 0 Å². The summed E-state index contributed by atoms with van der Waals surface area (Å²) in [4.78, 5) is 0. The summed E-state index contributed by atoms with van der Waals surface area (Å²) < 4.78 is 10.9. The third kappa shape index (κ3) is 4.20. The van der Waals surface area contributed by atoms with Crippen LogP contribution < -0.4 is 0 Å². The van der Waals surface area contributed by atoms with Gasteiger partial charge in [-0.25, -0.2) is 0 Å². The van der Waals surface area contributed by atoms with Gasteiger partial charge in [-0.1, -0.05) is 29.8 Å². The summed E-state index contributed by atoms with van der Waals surface area (Å²) in [6.45, 7) is 5.21. The molecule has 3 heteroatoms. The molecule has 0 radical (unpaired) electrons. The van der Waals surface area contributed by atoms with Gasteiger partial charge in [-0.15, -0.1) is 0 Å². The highest BCUT2D eigenvalue weighted by Gasteiger charge is 2.10. The van der Waals surface area contributed by atoms with Crippen LogP contribution in [0.15, 0.2) is 24.3 Å². The lowest BCUT2D eigenvalue weighted by atomic mass is 10.1. The van der Waals surface area contributed by atoms with Crippen molar-refractivity contribution >= 4 is 11.6 Å². The molecule has 0 aliphatic rings. The molecule has 0 fully saturated rings. The van der Waals surface area contributed by atoms with Crippen LogP contribution in [0.3, 0.4) is 0 Å². The van der Waals surface area contributed by atoms with Crippen molar-refractivity contribution in [3.05, 3.63) is 34.9 Å². The molecule has 0 aromatic heterocycles. The number of rotatable bonds is 6. The summed E-state index contributed by atoms with van der Waals surface area (Å²) in [7, 11) is 0. The predicted octanol–water partition coefficient (Wildman–Crippen LogP) is 3.28. The van der Waals surface area contributed by atoms with Crippen molar-refractivity contribution in [2.24, 2.45) is 0 Å². The van der Waals surface area contributed by atoms with E-state index in [2.05, 4.69) is 0 Å². The molecule has 0 spiro atoms. The van der Waals surface area contributed by atoms with Crippen molar-refractivity contribution in [2.75, 3.05) is 13.2 Å². The Morgan fingerprint density at radius 2 is 1.73 bits per heavy atom. The molecule has 2 nitrogen and oxygen atoms in total. The van der Waals surface area contributed by atoms with Gasteiger partial charge in [0.05, 0.1) is 0 Å². The van der Waals surface area contributed by atoms with Crippen LogP contribution in [0.2, 0.25) is 5.02 Å². The lowest BCUT2D eigenvalue weighted by Crippen LogP contribution is -2.20. The Kier molecular flexibility index (Phi) is 5.69. The molecule has 1 aromatic rings. The summed E-state index contributed by atoms with van der Waals surface area (Å²) in [6, 6.07) is 7.76. The standard InChI is InChI=1S/C12H17ClO2/c1-3-14-12(15-4-2)9-10-7-5-6-8-11(10)13/h5-8,12H,3-4,9H2,1-2H3. The summed E-state index contributed by atoms with van der Waals surface area (Å²) >= 11 is 6.06. The van der Waals surface area contributed by atoms with Gasteiger partial charge in [-0.3, -0.25) is 0 Å². The molecular formula is C12H17ClO2. The highest BCUT2D eigenvalue weighted by molar-refractivity contribution is 6.31. The van der Waals surface area contributed by atoms with Crippen LogP contribution in [0.1, 0.15) is 19.4 Å². The van der Waals surface area contributed by atoms with Gasteiger partial charge in [0.2, 0.25) is 0 Å². The number of halogens is 1. The maximum Gasteiger partial charge on any atom is 0.161 e. The van der Waals surface area contributed by atoms with Crippen LogP contribution in [0, 0.1) is 0 Å². The van der Waals surface area contributed by atoms with Crippen molar-refractivity contribution in [1.29, 1.82) is 0 Å². The van der Waals surface area contributed by atoms with Gasteiger partial charge in [0.25, 0.3) is 0 Å². The second-order valence-electron chi connectivity index (χ2n) is 3.14. The van der Waals surface area contributed by atoms with Gasteiger partial charge in [-0.05, 0) is 25.5 Å². The summed E-state index contributed by atoms with van der Waals surface area (Å²) in [6.07, 6.45) is 0.501. The molecule has 84 valence electrons. The molecule has 0 unspecified atom stereocenters. The van der Waals surface area contributed by atoms with Gasteiger partial charge < -0.3 is 9.47 Å². The Balaban J connectivity index is 2.60. The van der Waals surface area contributed by atoms with E-state index in [0.717, 1.165) is 10.6 Å². The van der Waals surface area contributed by atoms with E-state index >= 15 is 0 Å². The average molecular weight is 229 g/mol. The smallest absolute Gasteiger partial charge is 0.161 e. The first-order valence-electron chi connectivity index (χ1n) is 5.24. The number of hydrogen-bond acceptors (Lipinski definition) is 2. The van der Waals surface area contributed by atoms with Crippen molar-refractivity contribution < 1.29 is 9.47 Å². The minimum Gasteiger partial charge on any atom is -0.353 e. The minimum absolute atomic E-state index is 0.195. The molecule has 15 heavy (non-hydrogen) atoms. The lowest BCUT2D eigenvalue weighted by Gasteiger charge is -2.17. The summed E-state index contributed by atoms with van der Waals surface area (Å²) in [5, 5.41) is 0.766. The van der Waals surface area contributed by atoms with E-state index in [4.69, 9.17) is 21.1 Å². The number of hydrogen-bond donors (Lipinski definition) is 0. The van der Waals surface area contributed by atoms with E-state index in [-0.39, 0.29) is 6.29 Å². The SMILES string of the molecule is CCOC(Cc1ccccc1Cl)OCC. The fourth-order valence-corrected chi connectivity index (χ4v) is 1.59. The van der Waals surface area contributed by atoms with Crippen molar-refractivity contribution in [1.82, 2.24) is 0 Å². The zero-order valence-corrected chi connectivity index (χ0v) is 9.96. The topological polar surface area (TPSA) is 18.5 Å². The number of ether oxygens (including phenoxy) is 2. The third-order valence-electron chi connectivity index (χ3n) is 2.05. The fourth-order valence-electron chi connectivity index (χ4n) is 1.38. The lowest BCUT2D eigenvalue weighted by molar-refractivity contribution is -0.134. The maximum absolute atomic E-state index is 6.06. The molecule has 0 heterocycles. The van der Waals surface area contributed by atoms with E-state index in [1.807, 2.05) is 38.1 Å². The zero-order valence-electron chi connectivity index (χ0n) is 9.20. The molecular weight excluding hydrogens is 212 g/mol. The normalized spacial score (nSPS) is 10.9. The molecule has 1 aromatic carbocycles. The molecule has 0 amide bonds. The highest BCUT2D eigenvalue weighted by Crippen LogP contribution is 2.18. The van der Waals surface area contributed by atoms with Crippen molar-refractivity contribution in [3.8, 4) is 0 Å². The van der Waals surface area contributed by atoms with Crippen LogP contribution in [-0.4, -0.2) is 19.5 Å². The fraction of sp³-hybridized carbons (Fsp3) is 0.500. The Morgan fingerprint density at radius 3 is 2.27 bits per heavy atom. The predicted molar refractivity (Wildman–Crippen MR) is 62.2 cm³/mol. The minimum atomic E-state index is -0.195. The van der Waals surface area contributed by atoms with E-state index in [9.17, 15) is 0 Å². The quantitative estimate of drug-likeness (QED) is 0.696. The van der Waals surface area contributed by atoms with Gasteiger partial charge in [-0.2, -0.15) is 0 Å². The second kappa shape index (κ2) is 6.83. The van der Waals surface area contributed by atoms with Crippen LogP contribution >= 0.6 is 11.6 Å². The molecule has 0 bridgehead atoms. The largest absolute Gasteiger partial charge is 0.353 e. The van der Waals surface area contributed by atoms with Gasteiger partial charge >= 0.3 is 0 Å². The Hall–Kier alpha value is -0.570. The third-order valence-corrected chi connectivity index (χ3v) is 2.42. The zero-order chi connectivity index (χ0) is 11.1. The maximum atomic E-state index is 6.06. The van der Waals surface area contributed by atoms with Gasteiger partial charge in [0, 0.05) is 24.7 Å². The van der Waals surface area contributed by atoms with Crippen molar-refractivity contribution in [3.63, 3.8) is 0 Å². The molecule has 0 aliphatic carbocycles. The molecule has 0 aliphatic heterocycles. The molecule has 0 atom stereocenters.